The van der Waals surface area contributed by atoms with E-state index in [0.717, 1.165) is 15.8 Å². The summed E-state index contributed by atoms with van der Waals surface area (Å²) in [5.41, 5.74) is 1.71. The first-order valence-electron chi connectivity index (χ1n) is 4.51. The number of benzene rings is 1. The molecule has 1 aromatic heterocycles. The fourth-order valence-electron chi connectivity index (χ4n) is 1.48. The van der Waals surface area contributed by atoms with Crippen LogP contribution in [0.5, 0.6) is 0 Å². The van der Waals surface area contributed by atoms with Gasteiger partial charge in [-0.25, -0.2) is 0 Å². The largest absolute Gasteiger partial charge is 0.337 e. The molecule has 0 saturated carbocycles. The number of aryl methyl sites for hydroxylation is 1. The lowest BCUT2D eigenvalue weighted by atomic mass is 10.1. The minimum atomic E-state index is -3.92. The monoisotopic (exact) mass is 275 g/mol. The highest BCUT2D eigenvalue weighted by Gasteiger charge is 2.08. The molecular weight excluding hydrogens is 266 g/mol. The van der Waals surface area contributed by atoms with Crippen LogP contribution in [0.3, 0.4) is 0 Å². The van der Waals surface area contributed by atoms with E-state index in [1.165, 1.54) is 11.3 Å². The third kappa shape index (κ3) is 2.67. The van der Waals surface area contributed by atoms with Crippen LogP contribution in [0.1, 0.15) is 5.56 Å². The molecule has 0 bridgehead atoms. The minimum Gasteiger partial charge on any atom is -0.337 e. The Morgan fingerprint density at radius 1 is 1.44 bits per heavy atom. The molecule has 0 spiro atoms. The summed E-state index contributed by atoms with van der Waals surface area (Å²) < 4.78 is 31.7. The van der Waals surface area contributed by atoms with Gasteiger partial charge in [-0.2, -0.15) is 8.42 Å². The zero-order valence-corrected chi connectivity index (χ0v) is 10.6. The lowest BCUT2D eigenvalue weighted by Gasteiger charge is -2.00. The van der Waals surface area contributed by atoms with Crippen LogP contribution < -0.4 is 0 Å². The molecule has 0 aliphatic heterocycles. The van der Waals surface area contributed by atoms with Crippen molar-refractivity contribution >= 4 is 43.9 Å². The molecular formula is C9H9NO3S3. The highest BCUT2D eigenvalue weighted by atomic mass is 32.2. The number of aromatic nitrogens is 1. The molecule has 2 aromatic rings. The molecule has 4 nitrogen and oxygen atoms in total. The number of rotatable bonds is 3. The predicted octanol–water partition coefficient (Wildman–Crippen LogP) is 2.39. The summed E-state index contributed by atoms with van der Waals surface area (Å²) >= 11 is 6.47. The number of hydrogen-bond donors (Lipinski definition) is 2. The van der Waals surface area contributed by atoms with Gasteiger partial charge in [0, 0.05) is 0 Å². The first kappa shape index (κ1) is 11.7. The van der Waals surface area contributed by atoms with E-state index in [1.807, 2.05) is 18.2 Å². The molecule has 0 fully saturated rings. The van der Waals surface area contributed by atoms with Crippen LogP contribution in [-0.2, 0) is 16.5 Å². The second kappa shape index (κ2) is 4.25. The van der Waals surface area contributed by atoms with E-state index < -0.39 is 10.1 Å². The maximum atomic E-state index is 10.7. The number of fused-ring (bicyclic) bond motifs is 1. The highest BCUT2D eigenvalue weighted by Crippen LogP contribution is 2.23. The van der Waals surface area contributed by atoms with Gasteiger partial charge < -0.3 is 4.98 Å². The standard InChI is InChI=1S/C9H9NO3S3/c11-16(12,13)5-4-6-2-1-3-7-8(6)10-9(14)15-7/h1-3H,4-5H2,(H,10,14)(H,11,12,13). The van der Waals surface area contributed by atoms with Crippen molar-refractivity contribution in [3.05, 3.63) is 27.7 Å². The fraction of sp³-hybridized carbons (Fsp3) is 0.222. The van der Waals surface area contributed by atoms with Crippen molar-refractivity contribution in [2.24, 2.45) is 0 Å². The highest BCUT2D eigenvalue weighted by molar-refractivity contribution is 7.85. The lowest BCUT2D eigenvalue weighted by Crippen LogP contribution is -2.06. The van der Waals surface area contributed by atoms with Crippen molar-refractivity contribution in [1.29, 1.82) is 0 Å². The van der Waals surface area contributed by atoms with Gasteiger partial charge in [0.25, 0.3) is 10.1 Å². The Hall–Kier alpha value is -0.760. The Morgan fingerprint density at radius 3 is 2.88 bits per heavy atom. The van der Waals surface area contributed by atoms with Gasteiger partial charge in [0.15, 0.2) is 3.95 Å². The van der Waals surface area contributed by atoms with Crippen LogP contribution in [0.25, 0.3) is 10.2 Å². The van der Waals surface area contributed by atoms with E-state index in [-0.39, 0.29) is 12.2 Å². The zero-order chi connectivity index (χ0) is 11.8. The number of thiazole rings is 1. The van der Waals surface area contributed by atoms with E-state index in [9.17, 15) is 8.42 Å². The molecule has 86 valence electrons. The van der Waals surface area contributed by atoms with Gasteiger partial charge in [-0.3, -0.25) is 4.55 Å². The summed E-state index contributed by atoms with van der Waals surface area (Å²) in [4.78, 5) is 3.02. The summed E-state index contributed by atoms with van der Waals surface area (Å²) in [6.07, 6.45) is 0.276. The summed E-state index contributed by atoms with van der Waals surface area (Å²) in [5.74, 6) is -0.275. The predicted molar refractivity (Wildman–Crippen MR) is 67.1 cm³/mol. The topological polar surface area (TPSA) is 70.2 Å². The number of H-pyrrole nitrogens is 1. The van der Waals surface area contributed by atoms with Crippen LogP contribution in [0.2, 0.25) is 0 Å². The van der Waals surface area contributed by atoms with Crippen molar-refractivity contribution in [2.45, 2.75) is 6.42 Å². The molecule has 7 heteroatoms. The summed E-state index contributed by atoms with van der Waals surface area (Å²) in [7, 11) is -3.92. The number of aromatic amines is 1. The summed E-state index contributed by atoms with van der Waals surface area (Å²) in [6, 6.07) is 5.59. The molecule has 0 amide bonds. The van der Waals surface area contributed by atoms with Crippen LogP contribution in [0, 0.1) is 3.95 Å². The molecule has 0 saturated heterocycles. The third-order valence-corrected chi connectivity index (χ3v) is 4.09. The van der Waals surface area contributed by atoms with Crippen LogP contribution in [-0.4, -0.2) is 23.7 Å². The number of hydrogen-bond acceptors (Lipinski definition) is 4. The molecule has 0 aliphatic carbocycles. The van der Waals surface area contributed by atoms with Crippen molar-refractivity contribution in [3.8, 4) is 0 Å². The van der Waals surface area contributed by atoms with Crippen molar-refractivity contribution in [3.63, 3.8) is 0 Å². The summed E-state index contributed by atoms with van der Waals surface area (Å²) in [5, 5.41) is 0. The van der Waals surface area contributed by atoms with Crippen molar-refractivity contribution in [1.82, 2.24) is 4.98 Å². The molecule has 0 radical (unpaired) electrons. The van der Waals surface area contributed by atoms with Gasteiger partial charge in [0.1, 0.15) is 0 Å². The van der Waals surface area contributed by atoms with Gasteiger partial charge in [0.2, 0.25) is 0 Å². The molecule has 2 N–H and O–H groups in total. The van der Waals surface area contributed by atoms with E-state index in [2.05, 4.69) is 4.98 Å². The maximum Gasteiger partial charge on any atom is 0.265 e. The van der Waals surface area contributed by atoms with Gasteiger partial charge in [0.05, 0.1) is 16.0 Å². The van der Waals surface area contributed by atoms with Gasteiger partial charge in [-0.15, -0.1) is 11.3 Å². The van der Waals surface area contributed by atoms with E-state index in [0.29, 0.717) is 3.95 Å². The zero-order valence-electron chi connectivity index (χ0n) is 8.13. The lowest BCUT2D eigenvalue weighted by molar-refractivity contribution is 0.483. The molecule has 1 heterocycles. The molecule has 1 aromatic carbocycles. The Balaban J connectivity index is 2.41. The van der Waals surface area contributed by atoms with Crippen LogP contribution >= 0.6 is 23.6 Å². The normalized spacial score (nSPS) is 12.1. The first-order chi connectivity index (χ1) is 7.46. The summed E-state index contributed by atoms with van der Waals surface area (Å²) in [6.45, 7) is 0. The molecule has 0 atom stereocenters. The van der Waals surface area contributed by atoms with Crippen LogP contribution in [0.15, 0.2) is 18.2 Å². The Labute approximate surface area is 102 Å². The van der Waals surface area contributed by atoms with Crippen LogP contribution in [0.4, 0.5) is 0 Å². The first-order valence-corrected chi connectivity index (χ1v) is 7.35. The fourth-order valence-corrected chi connectivity index (χ4v) is 3.11. The van der Waals surface area contributed by atoms with E-state index in [4.69, 9.17) is 16.8 Å². The maximum absolute atomic E-state index is 10.7. The van der Waals surface area contributed by atoms with Gasteiger partial charge >= 0.3 is 0 Å². The average Bonchev–Trinajstić information content (AvgIpc) is 2.54. The third-order valence-electron chi connectivity index (χ3n) is 2.17. The number of nitrogens with one attached hydrogen (secondary N) is 1. The molecule has 0 aliphatic rings. The molecule has 0 unspecified atom stereocenters. The molecule has 16 heavy (non-hydrogen) atoms. The van der Waals surface area contributed by atoms with Crippen molar-refractivity contribution in [2.75, 3.05) is 5.75 Å². The Morgan fingerprint density at radius 2 is 2.19 bits per heavy atom. The smallest absolute Gasteiger partial charge is 0.265 e. The van der Waals surface area contributed by atoms with Gasteiger partial charge in [-0.05, 0) is 30.3 Å². The minimum absolute atomic E-state index is 0.275. The second-order valence-corrected chi connectivity index (χ2v) is 6.63. The van der Waals surface area contributed by atoms with Gasteiger partial charge in [-0.1, -0.05) is 12.1 Å². The van der Waals surface area contributed by atoms with E-state index >= 15 is 0 Å². The van der Waals surface area contributed by atoms with Crippen molar-refractivity contribution < 1.29 is 13.0 Å². The SMILES string of the molecule is O=S(=O)(O)CCc1cccc2sc(=S)[nH]c12. The Bertz CT molecular complexity index is 669. The Kier molecular flexibility index (Phi) is 3.11. The number of para-hydroxylation sites is 1. The molecule has 2 rings (SSSR count). The second-order valence-electron chi connectivity index (χ2n) is 3.34. The quantitative estimate of drug-likeness (QED) is 0.666. The van der Waals surface area contributed by atoms with E-state index in [1.54, 1.807) is 0 Å². The average molecular weight is 275 g/mol.